The van der Waals surface area contributed by atoms with E-state index in [1.165, 1.54) is 41.8 Å². The van der Waals surface area contributed by atoms with Gasteiger partial charge in [0.25, 0.3) is 0 Å². The van der Waals surface area contributed by atoms with Crippen molar-refractivity contribution in [2.75, 3.05) is 18.0 Å². The molecule has 1 heterocycles. The smallest absolute Gasteiger partial charge is 0.0369 e. The third-order valence-corrected chi connectivity index (χ3v) is 4.71. The predicted octanol–water partition coefficient (Wildman–Crippen LogP) is 4.06. The molecule has 0 saturated carbocycles. The van der Waals surface area contributed by atoms with Crippen LogP contribution in [-0.2, 0) is 6.54 Å². The van der Waals surface area contributed by atoms with Crippen molar-refractivity contribution in [3.05, 3.63) is 65.2 Å². The normalized spacial score (nSPS) is 18.5. The molecule has 2 nitrogen and oxygen atoms in total. The Bertz CT molecular complexity index is 606. The second-order valence-electron chi connectivity index (χ2n) is 6.42. The maximum Gasteiger partial charge on any atom is 0.0369 e. The molecule has 1 aliphatic heterocycles. The molecule has 0 aliphatic carbocycles. The van der Waals surface area contributed by atoms with E-state index in [4.69, 9.17) is 0 Å². The maximum absolute atomic E-state index is 3.72. The third kappa shape index (κ3) is 3.69. The summed E-state index contributed by atoms with van der Waals surface area (Å²) in [5.41, 5.74) is 5.50. The summed E-state index contributed by atoms with van der Waals surface area (Å²) in [5.74, 6) is 0. The molecule has 3 rings (SSSR count). The van der Waals surface area contributed by atoms with Crippen molar-refractivity contribution in [1.29, 1.82) is 0 Å². The van der Waals surface area contributed by atoms with Crippen molar-refractivity contribution in [1.82, 2.24) is 5.32 Å². The summed E-state index contributed by atoms with van der Waals surface area (Å²) in [5, 5.41) is 3.72. The van der Waals surface area contributed by atoms with Gasteiger partial charge in [-0.2, -0.15) is 0 Å². The molecule has 1 aliphatic rings. The molecule has 1 N–H and O–H groups in total. The van der Waals surface area contributed by atoms with Gasteiger partial charge in [0, 0.05) is 31.4 Å². The molecule has 1 saturated heterocycles. The van der Waals surface area contributed by atoms with E-state index >= 15 is 0 Å². The van der Waals surface area contributed by atoms with Gasteiger partial charge in [0.05, 0.1) is 0 Å². The Morgan fingerprint density at radius 1 is 1.05 bits per heavy atom. The number of aryl methyl sites for hydroxylation is 2. The molecule has 0 aromatic heterocycles. The number of nitrogens with zero attached hydrogens (tertiary/aromatic N) is 1. The van der Waals surface area contributed by atoms with Crippen LogP contribution in [0.4, 0.5) is 5.69 Å². The van der Waals surface area contributed by atoms with Crippen molar-refractivity contribution in [2.45, 2.75) is 39.3 Å². The molecular weight excluding hydrogens is 268 g/mol. The van der Waals surface area contributed by atoms with Gasteiger partial charge < -0.3 is 10.2 Å². The van der Waals surface area contributed by atoms with Gasteiger partial charge in [-0.25, -0.2) is 0 Å². The summed E-state index contributed by atoms with van der Waals surface area (Å²) in [6, 6.07) is 18.1. The van der Waals surface area contributed by atoms with Crippen LogP contribution in [0.3, 0.4) is 0 Å². The first-order valence-electron chi connectivity index (χ1n) is 8.32. The first kappa shape index (κ1) is 15.1. The molecule has 1 unspecified atom stereocenters. The van der Waals surface area contributed by atoms with E-state index in [-0.39, 0.29) is 0 Å². The molecule has 116 valence electrons. The Labute approximate surface area is 134 Å². The lowest BCUT2D eigenvalue weighted by Gasteiger charge is -2.35. The van der Waals surface area contributed by atoms with E-state index in [1.807, 2.05) is 0 Å². The van der Waals surface area contributed by atoms with E-state index in [0.29, 0.717) is 6.04 Å². The minimum atomic E-state index is 0.579. The van der Waals surface area contributed by atoms with Crippen LogP contribution in [0.2, 0.25) is 0 Å². The van der Waals surface area contributed by atoms with Crippen molar-refractivity contribution in [3.63, 3.8) is 0 Å². The second-order valence-corrected chi connectivity index (χ2v) is 6.42. The van der Waals surface area contributed by atoms with Gasteiger partial charge in [-0.05, 0) is 55.5 Å². The average molecular weight is 294 g/mol. The molecule has 0 bridgehead atoms. The molecular formula is C20H26N2. The minimum Gasteiger partial charge on any atom is -0.370 e. The Balaban J connectivity index is 1.60. The summed E-state index contributed by atoms with van der Waals surface area (Å²) in [4.78, 5) is 2.53. The number of hydrogen-bond acceptors (Lipinski definition) is 2. The van der Waals surface area contributed by atoms with Gasteiger partial charge >= 0.3 is 0 Å². The molecule has 2 heteroatoms. The summed E-state index contributed by atoms with van der Waals surface area (Å²) in [7, 11) is 0. The lowest BCUT2D eigenvalue weighted by molar-refractivity contribution is 0.421. The number of nitrogens with one attached hydrogen (secondary N) is 1. The fourth-order valence-electron chi connectivity index (χ4n) is 3.16. The van der Waals surface area contributed by atoms with Crippen LogP contribution in [0.15, 0.2) is 48.5 Å². The van der Waals surface area contributed by atoms with Crippen molar-refractivity contribution in [3.8, 4) is 0 Å². The Morgan fingerprint density at radius 3 is 2.64 bits per heavy atom. The Kier molecular flexibility index (Phi) is 4.79. The predicted molar refractivity (Wildman–Crippen MR) is 94.4 cm³/mol. The van der Waals surface area contributed by atoms with Gasteiger partial charge in [0.1, 0.15) is 0 Å². The highest BCUT2D eigenvalue weighted by molar-refractivity contribution is 5.51. The zero-order valence-corrected chi connectivity index (χ0v) is 13.7. The summed E-state index contributed by atoms with van der Waals surface area (Å²) in [6.45, 7) is 7.63. The summed E-state index contributed by atoms with van der Waals surface area (Å²) in [6.07, 6.45) is 2.54. The molecule has 0 amide bonds. The zero-order chi connectivity index (χ0) is 15.4. The highest BCUT2D eigenvalue weighted by atomic mass is 15.2. The molecule has 2 aromatic carbocycles. The van der Waals surface area contributed by atoms with E-state index in [9.17, 15) is 0 Å². The van der Waals surface area contributed by atoms with E-state index in [2.05, 4.69) is 72.6 Å². The molecule has 0 radical (unpaired) electrons. The number of rotatable bonds is 4. The van der Waals surface area contributed by atoms with E-state index in [0.717, 1.165) is 13.1 Å². The van der Waals surface area contributed by atoms with Crippen LogP contribution in [0, 0.1) is 13.8 Å². The summed E-state index contributed by atoms with van der Waals surface area (Å²) < 4.78 is 0. The number of benzene rings is 2. The standard InChI is InChI=1S/C20H26N2/c1-16-10-11-20(13-17(16)2)22-12-6-9-19(15-22)21-14-18-7-4-3-5-8-18/h3-5,7-8,10-11,13,19,21H,6,9,12,14-15H2,1-2H3. The lowest BCUT2D eigenvalue weighted by atomic mass is 10.0. The highest BCUT2D eigenvalue weighted by Crippen LogP contribution is 2.22. The van der Waals surface area contributed by atoms with Crippen molar-refractivity contribution in [2.24, 2.45) is 0 Å². The van der Waals surface area contributed by atoms with Crippen LogP contribution >= 0.6 is 0 Å². The fourth-order valence-corrected chi connectivity index (χ4v) is 3.16. The molecule has 1 atom stereocenters. The van der Waals surface area contributed by atoms with Crippen LogP contribution in [-0.4, -0.2) is 19.1 Å². The average Bonchev–Trinajstić information content (AvgIpc) is 2.57. The van der Waals surface area contributed by atoms with Crippen LogP contribution in [0.5, 0.6) is 0 Å². The van der Waals surface area contributed by atoms with Gasteiger partial charge in [0.2, 0.25) is 0 Å². The van der Waals surface area contributed by atoms with Gasteiger partial charge in [-0.3, -0.25) is 0 Å². The van der Waals surface area contributed by atoms with Gasteiger partial charge in [-0.1, -0.05) is 36.4 Å². The second kappa shape index (κ2) is 6.97. The third-order valence-electron chi connectivity index (χ3n) is 4.71. The monoisotopic (exact) mass is 294 g/mol. The van der Waals surface area contributed by atoms with Crippen molar-refractivity contribution < 1.29 is 0 Å². The zero-order valence-electron chi connectivity index (χ0n) is 13.7. The van der Waals surface area contributed by atoms with Gasteiger partial charge in [0.15, 0.2) is 0 Å². The minimum absolute atomic E-state index is 0.579. The molecule has 22 heavy (non-hydrogen) atoms. The quantitative estimate of drug-likeness (QED) is 0.914. The summed E-state index contributed by atoms with van der Waals surface area (Å²) >= 11 is 0. The van der Waals surface area contributed by atoms with Crippen molar-refractivity contribution >= 4 is 5.69 Å². The topological polar surface area (TPSA) is 15.3 Å². The molecule has 2 aromatic rings. The van der Waals surface area contributed by atoms with Crippen LogP contribution in [0.1, 0.15) is 29.5 Å². The number of piperidine rings is 1. The van der Waals surface area contributed by atoms with E-state index in [1.54, 1.807) is 0 Å². The first-order valence-corrected chi connectivity index (χ1v) is 8.32. The SMILES string of the molecule is Cc1ccc(N2CCCC(NCc3ccccc3)C2)cc1C. The maximum atomic E-state index is 3.72. The Morgan fingerprint density at radius 2 is 1.86 bits per heavy atom. The lowest BCUT2D eigenvalue weighted by Crippen LogP contribution is -2.45. The molecule has 1 fully saturated rings. The number of hydrogen-bond donors (Lipinski definition) is 1. The molecule has 0 spiro atoms. The van der Waals surface area contributed by atoms with Crippen LogP contribution in [0.25, 0.3) is 0 Å². The van der Waals surface area contributed by atoms with Gasteiger partial charge in [-0.15, -0.1) is 0 Å². The number of anilines is 1. The van der Waals surface area contributed by atoms with E-state index < -0.39 is 0 Å². The Hall–Kier alpha value is -1.80. The largest absolute Gasteiger partial charge is 0.370 e. The first-order chi connectivity index (χ1) is 10.7. The highest BCUT2D eigenvalue weighted by Gasteiger charge is 2.19. The fraction of sp³-hybridized carbons (Fsp3) is 0.400. The van der Waals surface area contributed by atoms with Crippen LogP contribution < -0.4 is 10.2 Å².